The molecule has 3 aromatic rings. The highest BCUT2D eigenvalue weighted by Gasteiger charge is 2.14. The number of benzene rings is 1. The van der Waals surface area contributed by atoms with Crippen LogP contribution in [0.15, 0.2) is 53.5 Å². The van der Waals surface area contributed by atoms with Crippen molar-refractivity contribution < 1.29 is 9.18 Å². The molecule has 0 radical (unpaired) electrons. The van der Waals surface area contributed by atoms with Crippen molar-refractivity contribution in [3.63, 3.8) is 0 Å². The molecule has 0 saturated heterocycles. The second-order valence-corrected chi connectivity index (χ2v) is 7.90. The lowest BCUT2D eigenvalue weighted by Crippen LogP contribution is -2.15. The molecule has 2 aromatic heterocycles. The molecule has 0 aliphatic rings. The molecule has 9 heteroatoms. The van der Waals surface area contributed by atoms with Gasteiger partial charge in [0.25, 0.3) is 0 Å². The number of halogens is 2. The lowest BCUT2D eigenvalue weighted by Gasteiger charge is -2.08. The van der Waals surface area contributed by atoms with E-state index in [1.807, 2.05) is 22.1 Å². The molecular weight excluding hydrogens is 407 g/mol. The molecule has 0 unspecified atom stereocenters. The number of carbonyl (C=O) groups is 1. The normalized spacial score (nSPS) is 10.7. The van der Waals surface area contributed by atoms with Crippen molar-refractivity contribution in [3.8, 4) is 0 Å². The lowest BCUT2D eigenvalue weighted by molar-refractivity contribution is -0.113. The summed E-state index contributed by atoms with van der Waals surface area (Å²) in [6, 6.07) is 8.09. The van der Waals surface area contributed by atoms with Crippen molar-refractivity contribution in [1.29, 1.82) is 0 Å². The summed E-state index contributed by atoms with van der Waals surface area (Å²) in [4.78, 5) is 13.4. The summed E-state index contributed by atoms with van der Waals surface area (Å²) in [5, 5.41) is 13.8. The van der Waals surface area contributed by atoms with Gasteiger partial charge in [-0.15, -0.1) is 28.1 Å². The minimum absolute atomic E-state index is 0.0376. The van der Waals surface area contributed by atoms with Gasteiger partial charge in [0.15, 0.2) is 5.16 Å². The van der Waals surface area contributed by atoms with Crippen molar-refractivity contribution in [3.05, 3.63) is 69.9 Å². The number of allylic oxidation sites excluding steroid dienone is 1. The van der Waals surface area contributed by atoms with Gasteiger partial charge in [0, 0.05) is 23.5 Å². The third kappa shape index (κ3) is 5.18. The lowest BCUT2D eigenvalue weighted by atomic mass is 10.3. The monoisotopic (exact) mass is 422 g/mol. The molecule has 0 aliphatic heterocycles. The van der Waals surface area contributed by atoms with Crippen LogP contribution in [0.1, 0.15) is 10.7 Å². The quantitative estimate of drug-likeness (QED) is 0.424. The van der Waals surface area contributed by atoms with Gasteiger partial charge in [0.1, 0.15) is 11.6 Å². The first-order valence-electron chi connectivity index (χ1n) is 8.00. The number of aromatic nitrogens is 3. The number of amides is 1. The number of rotatable bonds is 8. The van der Waals surface area contributed by atoms with E-state index in [2.05, 4.69) is 22.1 Å². The van der Waals surface area contributed by atoms with E-state index in [0.717, 1.165) is 5.82 Å². The third-order valence-corrected chi connectivity index (χ3v) is 5.69. The second-order valence-electron chi connectivity index (χ2n) is 5.52. The van der Waals surface area contributed by atoms with Gasteiger partial charge in [-0.25, -0.2) is 4.39 Å². The Labute approximate surface area is 169 Å². The van der Waals surface area contributed by atoms with Crippen LogP contribution in [0.5, 0.6) is 0 Å². The predicted octanol–water partition coefficient (Wildman–Crippen LogP) is 4.64. The van der Waals surface area contributed by atoms with Gasteiger partial charge in [-0.2, -0.15) is 0 Å². The molecule has 27 heavy (non-hydrogen) atoms. The van der Waals surface area contributed by atoms with Crippen molar-refractivity contribution >= 4 is 46.3 Å². The number of hydrogen-bond donors (Lipinski definition) is 1. The molecule has 0 saturated carbocycles. The molecule has 1 aromatic carbocycles. The number of thiophene rings is 1. The molecule has 0 atom stereocenters. The van der Waals surface area contributed by atoms with Crippen LogP contribution >= 0.6 is 34.7 Å². The zero-order valence-corrected chi connectivity index (χ0v) is 16.6. The second kappa shape index (κ2) is 9.16. The highest BCUT2D eigenvalue weighted by Crippen LogP contribution is 2.22. The first-order chi connectivity index (χ1) is 13.1. The molecule has 2 heterocycles. The van der Waals surface area contributed by atoms with Gasteiger partial charge in [-0.05, 0) is 29.6 Å². The number of nitrogens with one attached hydrogen (secondary N) is 1. The zero-order valence-electron chi connectivity index (χ0n) is 14.2. The summed E-state index contributed by atoms with van der Waals surface area (Å²) >= 11 is 8.67. The van der Waals surface area contributed by atoms with Gasteiger partial charge < -0.3 is 9.88 Å². The van der Waals surface area contributed by atoms with E-state index in [-0.39, 0.29) is 16.7 Å². The van der Waals surface area contributed by atoms with Crippen LogP contribution in [0.3, 0.4) is 0 Å². The Hall–Kier alpha value is -2.16. The van der Waals surface area contributed by atoms with Crippen LogP contribution in [0.25, 0.3) is 0 Å². The molecular formula is C18H16ClFN4OS2. The summed E-state index contributed by atoms with van der Waals surface area (Å²) < 4.78 is 15.1. The van der Waals surface area contributed by atoms with Crippen molar-refractivity contribution in [2.75, 3.05) is 11.1 Å². The van der Waals surface area contributed by atoms with Crippen LogP contribution in [0.4, 0.5) is 10.1 Å². The molecule has 0 aliphatic carbocycles. The summed E-state index contributed by atoms with van der Waals surface area (Å²) in [5.41, 5.74) is 0.443. The van der Waals surface area contributed by atoms with Crippen LogP contribution in [0, 0.1) is 5.82 Å². The standard InChI is InChI=1S/C18H16ClFN4OS2/c1-2-7-24-16(10-13-4-3-8-26-13)22-23-18(24)27-11-17(25)21-12-5-6-15(20)14(19)9-12/h2-6,8-9H,1,7,10-11H2,(H,21,25). The van der Waals surface area contributed by atoms with E-state index < -0.39 is 5.82 Å². The predicted molar refractivity (Wildman–Crippen MR) is 108 cm³/mol. The van der Waals surface area contributed by atoms with Crippen molar-refractivity contribution in [1.82, 2.24) is 14.8 Å². The van der Waals surface area contributed by atoms with Gasteiger partial charge in [0.05, 0.1) is 10.8 Å². The number of thioether (sulfide) groups is 1. The molecule has 5 nitrogen and oxygen atoms in total. The van der Waals surface area contributed by atoms with E-state index in [1.54, 1.807) is 17.4 Å². The Bertz CT molecular complexity index is 943. The topological polar surface area (TPSA) is 59.8 Å². The van der Waals surface area contributed by atoms with Crippen LogP contribution in [0.2, 0.25) is 5.02 Å². The average Bonchev–Trinajstić information content (AvgIpc) is 3.28. The third-order valence-electron chi connectivity index (χ3n) is 3.55. The summed E-state index contributed by atoms with van der Waals surface area (Å²) in [6.07, 6.45) is 2.45. The molecule has 0 spiro atoms. The van der Waals surface area contributed by atoms with Crippen LogP contribution < -0.4 is 5.32 Å². The zero-order chi connectivity index (χ0) is 19.2. The van der Waals surface area contributed by atoms with Crippen molar-refractivity contribution in [2.24, 2.45) is 0 Å². The van der Waals surface area contributed by atoms with E-state index in [9.17, 15) is 9.18 Å². The smallest absolute Gasteiger partial charge is 0.234 e. The average molecular weight is 423 g/mol. The minimum Gasteiger partial charge on any atom is -0.325 e. The number of nitrogens with zero attached hydrogens (tertiary/aromatic N) is 3. The highest BCUT2D eigenvalue weighted by atomic mass is 35.5. The van der Waals surface area contributed by atoms with Gasteiger partial charge in [-0.1, -0.05) is 35.5 Å². The minimum atomic E-state index is -0.528. The Morgan fingerprint density at radius 1 is 1.41 bits per heavy atom. The van der Waals surface area contributed by atoms with E-state index >= 15 is 0 Å². The molecule has 140 valence electrons. The SMILES string of the molecule is C=CCn1c(Cc2cccs2)nnc1SCC(=O)Nc1ccc(F)c(Cl)c1. The molecule has 0 bridgehead atoms. The molecule has 0 fully saturated rings. The Morgan fingerprint density at radius 3 is 2.96 bits per heavy atom. The van der Waals surface area contributed by atoms with Crippen LogP contribution in [-0.4, -0.2) is 26.4 Å². The van der Waals surface area contributed by atoms with E-state index in [4.69, 9.17) is 11.6 Å². The summed E-state index contributed by atoms with van der Waals surface area (Å²) in [7, 11) is 0. The molecule has 1 N–H and O–H groups in total. The Morgan fingerprint density at radius 2 is 2.26 bits per heavy atom. The number of hydrogen-bond acceptors (Lipinski definition) is 5. The largest absolute Gasteiger partial charge is 0.325 e. The Balaban J connectivity index is 1.64. The summed E-state index contributed by atoms with van der Waals surface area (Å²) in [6.45, 7) is 4.34. The van der Waals surface area contributed by atoms with Crippen molar-refractivity contribution in [2.45, 2.75) is 18.1 Å². The first kappa shape index (κ1) is 19.6. The van der Waals surface area contributed by atoms with Crippen LogP contribution in [-0.2, 0) is 17.8 Å². The Kier molecular flexibility index (Phi) is 6.65. The fourth-order valence-corrected chi connectivity index (χ4v) is 3.99. The summed E-state index contributed by atoms with van der Waals surface area (Å²) in [5.74, 6) is 0.199. The highest BCUT2D eigenvalue weighted by molar-refractivity contribution is 7.99. The molecule has 1 amide bonds. The maximum Gasteiger partial charge on any atom is 0.234 e. The van der Waals surface area contributed by atoms with Gasteiger partial charge >= 0.3 is 0 Å². The maximum atomic E-state index is 13.2. The fourth-order valence-electron chi connectivity index (χ4n) is 2.34. The molecule has 3 rings (SSSR count). The first-order valence-corrected chi connectivity index (χ1v) is 10.2. The van der Waals surface area contributed by atoms with E-state index in [1.165, 1.54) is 34.8 Å². The van der Waals surface area contributed by atoms with Gasteiger partial charge in [0.2, 0.25) is 5.91 Å². The number of carbonyl (C=O) groups excluding carboxylic acids is 1. The maximum absolute atomic E-state index is 13.2. The number of anilines is 1. The fraction of sp³-hybridized carbons (Fsp3) is 0.167. The van der Waals surface area contributed by atoms with Gasteiger partial charge in [-0.3, -0.25) is 4.79 Å². The van der Waals surface area contributed by atoms with E-state index in [0.29, 0.717) is 23.8 Å².